The van der Waals surface area contributed by atoms with Crippen molar-refractivity contribution in [3.63, 3.8) is 0 Å². The number of hydrogen-bond donors (Lipinski definition) is 2. The maximum Gasteiger partial charge on any atom is 0.284 e. The molecule has 0 spiro atoms. The zero-order valence-corrected chi connectivity index (χ0v) is 24.6. The van der Waals surface area contributed by atoms with Crippen LogP contribution in [0.1, 0.15) is 29.9 Å². The lowest BCUT2D eigenvalue weighted by atomic mass is 10.1. The number of rotatable bonds is 9. The Morgan fingerprint density at radius 3 is 2.39 bits per heavy atom. The van der Waals surface area contributed by atoms with Gasteiger partial charge in [-0.3, -0.25) is 19.3 Å². The molecule has 3 aromatic carbocycles. The molecule has 2 aromatic heterocycles. The number of benzene rings is 3. The van der Waals surface area contributed by atoms with Gasteiger partial charge in [-0.1, -0.05) is 0 Å². The minimum absolute atomic E-state index is 0.0212. The number of aliphatic hydroxyl groups is 1. The largest absolute Gasteiger partial charge is 0.493 e. The molecule has 228 valence electrons. The lowest BCUT2D eigenvalue weighted by Gasteiger charge is -2.19. The first-order valence-corrected chi connectivity index (χ1v) is 13.5. The fourth-order valence-electron chi connectivity index (χ4n) is 4.56. The van der Waals surface area contributed by atoms with E-state index in [1.165, 1.54) is 59.1 Å². The third kappa shape index (κ3) is 6.11. The SMILES string of the molecule is COc1cc2c(Oc3ccc(NC(=O)c4c(C)n(C)n(-c5ccc(F)cc5)c4=O)cc3F)ccnc2cc1OCC(C)(C)O. The van der Waals surface area contributed by atoms with E-state index >= 15 is 4.39 Å². The lowest BCUT2D eigenvalue weighted by Crippen LogP contribution is -2.27. The molecule has 0 bridgehead atoms. The first-order valence-electron chi connectivity index (χ1n) is 13.5. The minimum atomic E-state index is -1.06. The molecule has 0 fully saturated rings. The van der Waals surface area contributed by atoms with E-state index in [0.29, 0.717) is 39.5 Å². The highest BCUT2D eigenvalue weighted by Crippen LogP contribution is 2.38. The smallest absolute Gasteiger partial charge is 0.284 e. The van der Waals surface area contributed by atoms with Crippen LogP contribution in [-0.2, 0) is 7.05 Å². The van der Waals surface area contributed by atoms with Crippen molar-refractivity contribution < 1.29 is 32.9 Å². The Bertz CT molecular complexity index is 1930. The third-order valence-corrected chi connectivity index (χ3v) is 6.83. The van der Waals surface area contributed by atoms with Gasteiger partial charge >= 0.3 is 0 Å². The molecule has 0 saturated heterocycles. The van der Waals surface area contributed by atoms with Gasteiger partial charge in [-0.25, -0.2) is 13.5 Å². The molecule has 5 aromatic rings. The Hall–Kier alpha value is -5.23. The number of methoxy groups -OCH3 is 1. The number of carbonyl (C=O) groups excluding carboxylic acids is 1. The highest BCUT2D eigenvalue weighted by Gasteiger charge is 2.23. The predicted octanol–water partition coefficient (Wildman–Crippen LogP) is 5.51. The number of ether oxygens (including phenoxy) is 3. The molecule has 0 aliphatic heterocycles. The fourth-order valence-corrected chi connectivity index (χ4v) is 4.56. The molecular weight excluding hydrogens is 574 g/mol. The van der Waals surface area contributed by atoms with Gasteiger partial charge in [0.15, 0.2) is 23.1 Å². The third-order valence-electron chi connectivity index (χ3n) is 6.83. The van der Waals surface area contributed by atoms with Crippen molar-refractivity contribution in [3.8, 4) is 28.7 Å². The number of pyridine rings is 1. The van der Waals surface area contributed by atoms with Crippen LogP contribution in [0.3, 0.4) is 0 Å². The number of aromatic nitrogens is 3. The van der Waals surface area contributed by atoms with Crippen molar-refractivity contribution in [2.24, 2.45) is 7.05 Å². The molecule has 0 atom stereocenters. The van der Waals surface area contributed by atoms with Crippen LogP contribution in [-0.4, -0.2) is 44.7 Å². The van der Waals surface area contributed by atoms with Gasteiger partial charge in [0.1, 0.15) is 23.7 Å². The average molecular weight is 605 g/mol. The summed E-state index contributed by atoms with van der Waals surface area (Å²) in [5.74, 6) is -1.04. The minimum Gasteiger partial charge on any atom is -0.493 e. The number of nitrogens with one attached hydrogen (secondary N) is 1. The second-order valence-electron chi connectivity index (χ2n) is 10.7. The maximum absolute atomic E-state index is 15.2. The molecule has 2 N–H and O–H groups in total. The summed E-state index contributed by atoms with van der Waals surface area (Å²) in [7, 11) is 3.07. The summed E-state index contributed by atoms with van der Waals surface area (Å²) < 4.78 is 48.4. The monoisotopic (exact) mass is 604 g/mol. The summed E-state index contributed by atoms with van der Waals surface area (Å²) >= 11 is 0. The van der Waals surface area contributed by atoms with Crippen LogP contribution in [0.15, 0.2) is 71.7 Å². The molecule has 12 heteroatoms. The number of halogens is 2. The highest BCUT2D eigenvalue weighted by molar-refractivity contribution is 6.05. The van der Waals surface area contributed by atoms with Crippen LogP contribution in [0.4, 0.5) is 14.5 Å². The van der Waals surface area contributed by atoms with E-state index in [1.807, 2.05) is 0 Å². The molecule has 10 nitrogen and oxygen atoms in total. The molecule has 0 aliphatic rings. The van der Waals surface area contributed by atoms with Gasteiger partial charge in [0.25, 0.3) is 11.5 Å². The van der Waals surface area contributed by atoms with Gasteiger partial charge in [-0.2, -0.15) is 0 Å². The molecular formula is C32H30F2N4O6. The Kier molecular flexibility index (Phi) is 8.11. The lowest BCUT2D eigenvalue weighted by molar-refractivity contribution is 0.0276. The number of amides is 1. The molecule has 0 aliphatic carbocycles. The van der Waals surface area contributed by atoms with Gasteiger partial charge in [0.2, 0.25) is 0 Å². The summed E-state index contributed by atoms with van der Waals surface area (Å²) in [6, 6.07) is 14.0. The number of anilines is 1. The first kappa shape index (κ1) is 30.2. The zero-order chi connectivity index (χ0) is 31.8. The normalized spacial score (nSPS) is 11.5. The van der Waals surface area contributed by atoms with Gasteiger partial charge in [0.05, 0.1) is 29.6 Å². The number of hydrogen-bond acceptors (Lipinski definition) is 7. The second-order valence-corrected chi connectivity index (χ2v) is 10.7. The Morgan fingerprint density at radius 2 is 1.73 bits per heavy atom. The van der Waals surface area contributed by atoms with Crippen LogP contribution < -0.4 is 25.1 Å². The Morgan fingerprint density at radius 1 is 1.00 bits per heavy atom. The van der Waals surface area contributed by atoms with Crippen LogP contribution in [0.2, 0.25) is 0 Å². The average Bonchev–Trinajstić information content (AvgIpc) is 3.20. The van der Waals surface area contributed by atoms with Crippen molar-refractivity contribution in [2.45, 2.75) is 26.4 Å². The summed E-state index contributed by atoms with van der Waals surface area (Å²) in [6.45, 7) is 4.85. The van der Waals surface area contributed by atoms with E-state index in [2.05, 4.69) is 10.3 Å². The first-order chi connectivity index (χ1) is 20.9. The van der Waals surface area contributed by atoms with Crippen molar-refractivity contribution in [3.05, 3.63) is 100 Å². The zero-order valence-electron chi connectivity index (χ0n) is 24.6. The molecule has 1 amide bonds. The van der Waals surface area contributed by atoms with E-state index in [0.717, 1.165) is 6.07 Å². The van der Waals surface area contributed by atoms with Crippen molar-refractivity contribution >= 4 is 22.5 Å². The van der Waals surface area contributed by atoms with Gasteiger partial charge in [-0.05, 0) is 69.3 Å². The molecule has 44 heavy (non-hydrogen) atoms. The summed E-state index contributed by atoms with van der Waals surface area (Å²) in [4.78, 5) is 30.6. The van der Waals surface area contributed by atoms with Crippen LogP contribution in [0.25, 0.3) is 16.6 Å². The van der Waals surface area contributed by atoms with E-state index < -0.39 is 28.7 Å². The summed E-state index contributed by atoms with van der Waals surface area (Å²) in [5.41, 5.74) is -0.471. The Balaban J connectivity index is 1.38. The predicted molar refractivity (Wildman–Crippen MR) is 160 cm³/mol. The summed E-state index contributed by atoms with van der Waals surface area (Å²) in [5, 5.41) is 13.1. The van der Waals surface area contributed by atoms with Crippen LogP contribution in [0.5, 0.6) is 23.0 Å². The topological polar surface area (TPSA) is 117 Å². The fraction of sp³-hybridized carbons (Fsp3) is 0.219. The number of nitrogens with zero attached hydrogens (tertiary/aromatic N) is 3. The van der Waals surface area contributed by atoms with Crippen molar-refractivity contribution in [2.75, 3.05) is 19.0 Å². The number of carbonyl (C=O) groups is 1. The van der Waals surface area contributed by atoms with Gasteiger partial charge < -0.3 is 24.6 Å². The highest BCUT2D eigenvalue weighted by atomic mass is 19.1. The van der Waals surface area contributed by atoms with E-state index in [-0.39, 0.29) is 23.6 Å². The molecule has 0 unspecified atom stereocenters. The van der Waals surface area contributed by atoms with Crippen molar-refractivity contribution in [1.29, 1.82) is 0 Å². The van der Waals surface area contributed by atoms with E-state index in [9.17, 15) is 19.1 Å². The van der Waals surface area contributed by atoms with Gasteiger partial charge in [0, 0.05) is 36.5 Å². The molecule has 2 heterocycles. The van der Waals surface area contributed by atoms with Crippen LogP contribution in [0, 0.1) is 18.6 Å². The quantitative estimate of drug-likeness (QED) is 0.228. The van der Waals surface area contributed by atoms with Crippen LogP contribution >= 0.6 is 0 Å². The molecule has 0 radical (unpaired) electrons. The van der Waals surface area contributed by atoms with Crippen molar-refractivity contribution in [1.82, 2.24) is 14.3 Å². The standard InChI is InChI=1S/C32H30F2N4O6/c1-18-29(31(40)38(37(18)4)21-9-6-19(33)7-10-21)30(39)36-20-8-11-26(23(34)14-20)44-25-12-13-35-24-16-28(43-17-32(2,3)41)27(42-5)15-22(24)25/h6-16,41H,17H2,1-5H3,(H,36,39). The second kappa shape index (κ2) is 11.8. The van der Waals surface area contributed by atoms with Gasteiger partial charge in [-0.15, -0.1) is 0 Å². The Labute approximate surface area is 251 Å². The number of fused-ring (bicyclic) bond motifs is 1. The van der Waals surface area contributed by atoms with E-state index in [4.69, 9.17) is 14.2 Å². The maximum atomic E-state index is 15.2. The molecule has 0 saturated carbocycles. The summed E-state index contributed by atoms with van der Waals surface area (Å²) in [6.07, 6.45) is 1.50. The molecule has 5 rings (SSSR count). The van der Waals surface area contributed by atoms with E-state index in [1.54, 1.807) is 46.0 Å².